The fourth-order valence-electron chi connectivity index (χ4n) is 13.6. The van der Waals surface area contributed by atoms with Crippen molar-refractivity contribution in [2.24, 2.45) is 56.5 Å². The number of nitrogens with zero attached hydrogens (tertiary/aromatic N) is 1. The second kappa shape index (κ2) is 11.7. The molecule has 2 heterocycles. The van der Waals surface area contributed by atoms with E-state index >= 15 is 4.79 Å². The number of carbonyl (C=O) groups is 3. The van der Waals surface area contributed by atoms with Gasteiger partial charge in [0.2, 0.25) is 5.91 Å². The van der Waals surface area contributed by atoms with Gasteiger partial charge in [-0.1, -0.05) is 41.5 Å². The SMILES string of the molecule is CCC(=O)O[C@@H]([C@H]1C[C@@H](C)[C@H]2[C@H](O1)C(=O)[C@@]1(C)[C@@H]3CC[C@H]4C(C)(C)[C@@H](O[C@H]5CN(CC(N)=O)CCO5)CC[C@@]45C[C@@]35CC[C@]21C)C(C)(C)O. The van der Waals surface area contributed by atoms with Crippen molar-refractivity contribution in [1.29, 1.82) is 0 Å². The first kappa shape index (κ1) is 35.8. The van der Waals surface area contributed by atoms with Crippen molar-refractivity contribution in [3.05, 3.63) is 0 Å². The fourth-order valence-corrected chi connectivity index (χ4v) is 13.6. The number of nitrogens with two attached hydrogens (primary N) is 1. The lowest BCUT2D eigenvalue weighted by molar-refractivity contribution is -0.246. The molecular formula is C39H62N2O8. The van der Waals surface area contributed by atoms with E-state index in [4.69, 9.17) is 24.7 Å². The van der Waals surface area contributed by atoms with Gasteiger partial charge in [-0.25, -0.2) is 0 Å². The molecule has 1 amide bonds. The highest BCUT2D eigenvalue weighted by Crippen LogP contribution is 2.89. The van der Waals surface area contributed by atoms with E-state index in [1.807, 2.05) is 4.90 Å². The topological polar surface area (TPSA) is 138 Å². The molecule has 7 rings (SSSR count). The van der Waals surface area contributed by atoms with Crippen LogP contribution in [0, 0.1) is 50.7 Å². The number of primary amides is 1. The number of ketones is 1. The van der Waals surface area contributed by atoms with Crippen LogP contribution >= 0.6 is 0 Å². The Morgan fingerprint density at radius 2 is 1.78 bits per heavy atom. The van der Waals surface area contributed by atoms with Gasteiger partial charge in [0, 0.05) is 24.3 Å². The van der Waals surface area contributed by atoms with E-state index in [0.717, 1.165) is 38.5 Å². The Morgan fingerprint density at radius 3 is 2.45 bits per heavy atom. The van der Waals surface area contributed by atoms with Crippen molar-refractivity contribution in [2.45, 2.75) is 149 Å². The van der Waals surface area contributed by atoms with Crippen molar-refractivity contribution >= 4 is 17.7 Å². The van der Waals surface area contributed by atoms with Crippen molar-refractivity contribution in [3.63, 3.8) is 0 Å². The molecule has 3 N–H and O–H groups in total. The molecule has 5 saturated carbocycles. The molecule has 5 aliphatic carbocycles. The van der Waals surface area contributed by atoms with Gasteiger partial charge in [0.15, 0.2) is 18.2 Å². The Bertz CT molecular complexity index is 1360. The predicted octanol–water partition coefficient (Wildman–Crippen LogP) is 4.63. The second-order valence-corrected chi connectivity index (χ2v) is 18.9. The quantitative estimate of drug-likeness (QED) is 0.350. The summed E-state index contributed by atoms with van der Waals surface area (Å²) in [4.78, 5) is 41.1. The third-order valence-electron chi connectivity index (χ3n) is 15.9. The van der Waals surface area contributed by atoms with Crippen LogP contribution in [0.3, 0.4) is 0 Å². The average molecular weight is 687 g/mol. The van der Waals surface area contributed by atoms with E-state index in [1.165, 1.54) is 6.42 Å². The molecule has 0 radical (unpaired) electrons. The minimum atomic E-state index is -1.30. The first-order chi connectivity index (χ1) is 22.9. The monoisotopic (exact) mass is 686 g/mol. The van der Waals surface area contributed by atoms with Gasteiger partial charge in [0.25, 0.3) is 0 Å². The summed E-state index contributed by atoms with van der Waals surface area (Å²) in [6.45, 7) is 18.8. The molecule has 276 valence electrons. The summed E-state index contributed by atoms with van der Waals surface area (Å²) in [5, 5.41) is 11.1. The van der Waals surface area contributed by atoms with Crippen LogP contribution in [0.15, 0.2) is 0 Å². The molecule has 2 saturated heterocycles. The van der Waals surface area contributed by atoms with E-state index in [0.29, 0.717) is 38.0 Å². The fraction of sp³-hybridized carbons (Fsp3) is 0.923. The molecule has 2 spiro atoms. The van der Waals surface area contributed by atoms with Crippen molar-refractivity contribution in [2.75, 3.05) is 26.2 Å². The summed E-state index contributed by atoms with van der Waals surface area (Å²) in [6, 6.07) is 0. The van der Waals surface area contributed by atoms with Crippen molar-refractivity contribution in [3.8, 4) is 0 Å². The Morgan fingerprint density at radius 1 is 1.08 bits per heavy atom. The highest BCUT2D eigenvalue weighted by Gasteiger charge is 2.85. The summed E-state index contributed by atoms with van der Waals surface area (Å²) < 4.78 is 25.4. The number of amides is 1. The minimum absolute atomic E-state index is 0.0513. The number of esters is 1. The summed E-state index contributed by atoms with van der Waals surface area (Å²) in [5.74, 6) is 0.646. The number of hydrogen-bond donors (Lipinski definition) is 2. The van der Waals surface area contributed by atoms with Crippen LogP contribution in [0.5, 0.6) is 0 Å². The Balaban J connectivity index is 1.12. The van der Waals surface area contributed by atoms with E-state index in [-0.39, 0.29) is 76.5 Å². The molecule has 7 fully saturated rings. The molecule has 2 aliphatic heterocycles. The van der Waals surface area contributed by atoms with Gasteiger partial charge in [-0.2, -0.15) is 0 Å². The van der Waals surface area contributed by atoms with Gasteiger partial charge >= 0.3 is 5.97 Å². The molecular weight excluding hydrogens is 624 g/mol. The zero-order valence-electron chi connectivity index (χ0n) is 31.2. The summed E-state index contributed by atoms with van der Waals surface area (Å²) in [6.07, 6.45) is 6.20. The molecule has 0 aromatic rings. The molecule has 0 unspecified atom stereocenters. The third-order valence-corrected chi connectivity index (χ3v) is 15.9. The van der Waals surface area contributed by atoms with Crippen LogP contribution in [-0.2, 0) is 33.3 Å². The van der Waals surface area contributed by atoms with Crippen LogP contribution in [0.4, 0.5) is 0 Å². The van der Waals surface area contributed by atoms with Crippen molar-refractivity contribution < 1.29 is 38.4 Å². The number of hydrogen-bond acceptors (Lipinski definition) is 9. The number of rotatable bonds is 8. The van der Waals surface area contributed by atoms with Gasteiger partial charge in [-0.3, -0.25) is 19.3 Å². The molecule has 0 aromatic heterocycles. The third kappa shape index (κ3) is 5.07. The maximum Gasteiger partial charge on any atom is 0.305 e. The number of Topliss-reactive ketones (excluding diaryl/α,β-unsaturated/α-hetero) is 1. The lowest BCUT2D eigenvalue weighted by Crippen LogP contribution is -2.60. The molecule has 10 heteroatoms. The number of ether oxygens (including phenoxy) is 4. The summed E-state index contributed by atoms with van der Waals surface area (Å²) in [5.41, 5.74) is 3.83. The minimum Gasteiger partial charge on any atom is -0.457 e. The largest absolute Gasteiger partial charge is 0.457 e. The zero-order chi connectivity index (χ0) is 35.5. The Kier molecular flexibility index (Phi) is 8.55. The number of carbonyl (C=O) groups excluding carboxylic acids is 3. The molecule has 10 nitrogen and oxygen atoms in total. The Hall–Kier alpha value is -1.59. The summed E-state index contributed by atoms with van der Waals surface area (Å²) >= 11 is 0. The number of aliphatic hydroxyl groups is 1. The van der Waals surface area contributed by atoms with Crippen LogP contribution in [0.25, 0.3) is 0 Å². The van der Waals surface area contributed by atoms with Crippen molar-refractivity contribution in [1.82, 2.24) is 4.90 Å². The van der Waals surface area contributed by atoms with E-state index < -0.39 is 29.3 Å². The van der Waals surface area contributed by atoms with Gasteiger partial charge in [-0.05, 0) is 105 Å². The zero-order valence-corrected chi connectivity index (χ0v) is 31.2. The lowest BCUT2D eigenvalue weighted by atomic mass is 9.41. The molecule has 13 atom stereocenters. The van der Waals surface area contributed by atoms with Gasteiger partial charge in [-0.15, -0.1) is 0 Å². The average Bonchev–Trinajstić information content (AvgIpc) is 3.65. The normalized spacial score (nSPS) is 47.9. The van der Waals surface area contributed by atoms with Crippen LogP contribution in [0.1, 0.15) is 113 Å². The van der Waals surface area contributed by atoms with E-state index in [2.05, 4.69) is 34.6 Å². The van der Waals surface area contributed by atoms with E-state index in [1.54, 1.807) is 20.8 Å². The smallest absolute Gasteiger partial charge is 0.305 e. The van der Waals surface area contributed by atoms with Crippen LogP contribution in [0.2, 0.25) is 0 Å². The maximum atomic E-state index is 15.0. The highest BCUT2D eigenvalue weighted by atomic mass is 16.7. The molecule has 49 heavy (non-hydrogen) atoms. The highest BCUT2D eigenvalue weighted by molar-refractivity contribution is 5.93. The first-order valence-corrected chi connectivity index (χ1v) is 19.2. The van der Waals surface area contributed by atoms with Crippen LogP contribution < -0.4 is 5.73 Å². The first-order valence-electron chi connectivity index (χ1n) is 19.2. The van der Waals surface area contributed by atoms with Crippen LogP contribution in [-0.4, -0.2) is 90.2 Å². The Labute approximate surface area is 292 Å². The lowest BCUT2D eigenvalue weighted by Gasteiger charge is -2.62. The number of fused-ring (bicyclic) bond motifs is 4. The molecule has 0 bridgehead atoms. The molecule has 7 aliphatic rings. The van der Waals surface area contributed by atoms with Gasteiger partial charge in [0.05, 0.1) is 37.5 Å². The molecule has 0 aromatic carbocycles. The predicted molar refractivity (Wildman–Crippen MR) is 182 cm³/mol. The summed E-state index contributed by atoms with van der Waals surface area (Å²) in [7, 11) is 0. The number of morpholine rings is 1. The standard InChI is InChI=1S/C39H62N2O8/c1-9-28(43)49-33(35(5,6)45)23-18-22(2)30-31(47-23)32(44)37(8)25-11-10-24-34(3,4)26(48-29-20-41(16-17-46-29)19-27(40)42)12-13-38(24)21-39(25,38)15-14-36(30,37)7/h22-26,29-31,33,45H,9-21H2,1-8H3,(H2,40,42)/t22-,23-,24+,25+,26+,29+,30+,31+,33+,36-,37-,38-,39+/m1/s1. The second-order valence-electron chi connectivity index (χ2n) is 18.9. The maximum absolute atomic E-state index is 15.0. The van der Waals surface area contributed by atoms with E-state index in [9.17, 15) is 14.7 Å². The van der Waals surface area contributed by atoms with Gasteiger partial charge in [0.1, 0.15) is 6.10 Å². The van der Waals surface area contributed by atoms with Gasteiger partial charge < -0.3 is 29.8 Å².